The van der Waals surface area contributed by atoms with E-state index in [1.807, 2.05) is 0 Å². The van der Waals surface area contributed by atoms with E-state index < -0.39 is 10.7 Å². The molecule has 5 nitrogen and oxygen atoms in total. The van der Waals surface area contributed by atoms with Gasteiger partial charge in [-0.3, -0.25) is 10.1 Å². The first kappa shape index (κ1) is 13.9. The van der Waals surface area contributed by atoms with E-state index >= 15 is 0 Å². The fraction of sp³-hybridized carbons (Fsp3) is 0.400. The Kier molecular flexibility index (Phi) is 4.83. The lowest BCUT2D eigenvalue weighted by atomic mass is 10.2. The Morgan fingerprint density at radius 3 is 2.82 bits per heavy atom. The van der Waals surface area contributed by atoms with Gasteiger partial charge in [0.1, 0.15) is 11.5 Å². The number of nitro groups is 1. The van der Waals surface area contributed by atoms with Crippen LogP contribution in [-0.4, -0.2) is 24.7 Å². The molecule has 0 bridgehead atoms. The van der Waals surface area contributed by atoms with Gasteiger partial charge in [-0.2, -0.15) is 0 Å². The molecule has 0 aliphatic heterocycles. The molecule has 1 rings (SSSR count). The molecular weight excluding hydrogens is 295 g/mol. The zero-order valence-corrected chi connectivity index (χ0v) is 11.0. The maximum absolute atomic E-state index is 13.3. The van der Waals surface area contributed by atoms with Crippen LogP contribution < -0.4 is 5.32 Å². The van der Waals surface area contributed by atoms with Crippen molar-refractivity contribution in [2.45, 2.75) is 13.0 Å². The van der Waals surface area contributed by atoms with E-state index in [4.69, 9.17) is 4.74 Å². The molecule has 0 aliphatic carbocycles. The highest BCUT2D eigenvalue weighted by atomic mass is 79.9. The molecule has 1 N–H and O–H groups in total. The van der Waals surface area contributed by atoms with Crippen LogP contribution in [0.2, 0.25) is 0 Å². The summed E-state index contributed by atoms with van der Waals surface area (Å²) in [5, 5.41) is 13.6. The number of anilines is 1. The Labute approximate surface area is 106 Å². The fourth-order valence-corrected chi connectivity index (χ4v) is 1.69. The summed E-state index contributed by atoms with van der Waals surface area (Å²) in [7, 11) is 1.52. The van der Waals surface area contributed by atoms with E-state index in [9.17, 15) is 14.5 Å². The molecule has 1 aromatic rings. The Hall–Kier alpha value is -1.21. The summed E-state index contributed by atoms with van der Waals surface area (Å²) in [6.07, 6.45) is 0. The van der Waals surface area contributed by atoms with Gasteiger partial charge in [-0.1, -0.05) is 0 Å². The van der Waals surface area contributed by atoms with Crippen LogP contribution in [0.1, 0.15) is 6.92 Å². The largest absolute Gasteiger partial charge is 0.383 e. The van der Waals surface area contributed by atoms with Gasteiger partial charge in [0.2, 0.25) is 0 Å². The van der Waals surface area contributed by atoms with Gasteiger partial charge in [-0.15, -0.1) is 0 Å². The first-order valence-electron chi connectivity index (χ1n) is 4.84. The number of methoxy groups -OCH3 is 1. The minimum Gasteiger partial charge on any atom is -0.383 e. The second-order valence-corrected chi connectivity index (χ2v) is 4.40. The summed E-state index contributed by atoms with van der Waals surface area (Å²) in [4.78, 5) is 10.3. The Bertz CT molecular complexity index is 428. The Morgan fingerprint density at radius 2 is 2.29 bits per heavy atom. The second kappa shape index (κ2) is 5.92. The second-order valence-electron chi connectivity index (χ2n) is 3.54. The van der Waals surface area contributed by atoms with Crippen LogP contribution in [0, 0.1) is 15.9 Å². The highest BCUT2D eigenvalue weighted by Crippen LogP contribution is 2.30. The van der Waals surface area contributed by atoms with E-state index in [-0.39, 0.29) is 21.9 Å². The number of halogens is 2. The lowest BCUT2D eigenvalue weighted by molar-refractivity contribution is -0.384. The zero-order chi connectivity index (χ0) is 13.0. The van der Waals surface area contributed by atoms with Crippen LogP contribution in [0.25, 0.3) is 0 Å². The Balaban J connectivity index is 3.04. The molecule has 7 heteroatoms. The molecule has 1 aromatic carbocycles. The smallest absolute Gasteiger partial charge is 0.293 e. The van der Waals surface area contributed by atoms with Gasteiger partial charge in [0, 0.05) is 25.3 Å². The average molecular weight is 307 g/mol. The SMILES string of the molecule is COCC(C)Nc1cc(F)c(Br)cc1[N+](=O)[O-]. The summed E-state index contributed by atoms with van der Waals surface area (Å²) >= 11 is 2.91. The predicted octanol–water partition coefficient (Wildman–Crippen LogP) is 2.94. The molecule has 1 unspecified atom stereocenters. The molecule has 0 heterocycles. The zero-order valence-electron chi connectivity index (χ0n) is 9.37. The van der Waals surface area contributed by atoms with Gasteiger partial charge < -0.3 is 10.1 Å². The molecule has 94 valence electrons. The third-order valence-corrected chi connectivity index (χ3v) is 2.66. The van der Waals surface area contributed by atoms with Crippen molar-refractivity contribution in [3.05, 3.63) is 32.5 Å². The molecule has 1 atom stereocenters. The molecular formula is C10H12BrFN2O3. The van der Waals surface area contributed by atoms with Crippen LogP contribution in [0.5, 0.6) is 0 Å². The van der Waals surface area contributed by atoms with Crippen molar-refractivity contribution in [1.82, 2.24) is 0 Å². The van der Waals surface area contributed by atoms with E-state index in [1.54, 1.807) is 6.92 Å². The minimum absolute atomic E-state index is 0.0640. The quantitative estimate of drug-likeness (QED) is 0.671. The van der Waals surface area contributed by atoms with Gasteiger partial charge in [-0.25, -0.2) is 4.39 Å². The number of hydrogen-bond donors (Lipinski definition) is 1. The van der Waals surface area contributed by atoms with Crippen molar-refractivity contribution in [2.24, 2.45) is 0 Å². The van der Waals surface area contributed by atoms with E-state index in [1.165, 1.54) is 7.11 Å². The normalized spacial score (nSPS) is 12.2. The summed E-state index contributed by atoms with van der Waals surface area (Å²) in [5.41, 5.74) is -0.0403. The number of nitro benzene ring substituents is 1. The number of benzene rings is 1. The van der Waals surface area contributed by atoms with Gasteiger partial charge >= 0.3 is 0 Å². The predicted molar refractivity (Wildman–Crippen MR) is 65.7 cm³/mol. The number of nitrogens with one attached hydrogen (secondary N) is 1. The summed E-state index contributed by atoms with van der Waals surface area (Å²) < 4.78 is 18.3. The molecule has 0 saturated carbocycles. The van der Waals surface area contributed by atoms with E-state index in [2.05, 4.69) is 21.2 Å². The molecule has 0 amide bonds. The fourth-order valence-electron chi connectivity index (χ4n) is 1.36. The molecule has 0 fully saturated rings. The van der Waals surface area contributed by atoms with Crippen LogP contribution in [-0.2, 0) is 4.74 Å². The van der Waals surface area contributed by atoms with Crippen molar-refractivity contribution in [3.63, 3.8) is 0 Å². The minimum atomic E-state index is -0.563. The first-order chi connectivity index (χ1) is 7.95. The van der Waals surface area contributed by atoms with Crippen molar-refractivity contribution in [2.75, 3.05) is 19.0 Å². The summed E-state index contributed by atoms with van der Waals surface area (Å²) in [5.74, 6) is -0.553. The molecule has 0 radical (unpaired) electrons. The molecule has 0 aromatic heterocycles. The number of rotatable bonds is 5. The van der Waals surface area contributed by atoms with Gasteiger partial charge in [-0.05, 0) is 22.9 Å². The topological polar surface area (TPSA) is 64.4 Å². The molecule has 0 aliphatic rings. The number of ether oxygens (including phenoxy) is 1. The van der Waals surface area contributed by atoms with Crippen LogP contribution in [0.3, 0.4) is 0 Å². The monoisotopic (exact) mass is 306 g/mol. The van der Waals surface area contributed by atoms with Gasteiger partial charge in [0.25, 0.3) is 5.69 Å². The molecule has 0 spiro atoms. The highest BCUT2D eigenvalue weighted by Gasteiger charge is 2.18. The number of hydrogen-bond acceptors (Lipinski definition) is 4. The van der Waals surface area contributed by atoms with Crippen molar-refractivity contribution < 1.29 is 14.1 Å². The molecule has 0 saturated heterocycles. The summed E-state index contributed by atoms with van der Waals surface area (Å²) in [6, 6.07) is 2.07. The lowest BCUT2D eigenvalue weighted by Crippen LogP contribution is -2.21. The maximum Gasteiger partial charge on any atom is 0.293 e. The van der Waals surface area contributed by atoms with E-state index in [0.717, 1.165) is 12.1 Å². The van der Waals surface area contributed by atoms with Gasteiger partial charge in [0.15, 0.2) is 0 Å². The van der Waals surface area contributed by atoms with E-state index in [0.29, 0.717) is 6.61 Å². The number of nitrogens with zero attached hydrogens (tertiary/aromatic N) is 1. The lowest BCUT2D eigenvalue weighted by Gasteiger charge is -2.14. The van der Waals surface area contributed by atoms with Crippen LogP contribution in [0.15, 0.2) is 16.6 Å². The third kappa shape index (κ3) is 3.64. The first-order valence-corrected chi connectivity index (χ1v) is 5.64. The van der Waals surface area contributed by atoms with Crippen molar-refractivity contribution in [3.8, 4) is 0 Å². The maximum atomic E-state index is 13.3. The molecule has 17 heavy (non-hydrogen) atoms. The third-order valence-electron chi connectivity index (χ3n) is 2.05. The van der Waals surface area contributed by atoms with Gasteiger partial charge in [0.05, 0.1) is 16.0 Å². The van der Waals surface area contributed by atoms with Crippen molar-refractivity contribution >= 4 is 27.3 Å². The highest BCUT2D eigenvalue weighted by molar-refractivity contribution is 9.10. The van der Waals surface area contributed by atoms with Crippen LogP contribution in [0.4, 0.5) is 15.8 Å². The Morgan fingerprint density at radius 1 is 1.65 bits per heavy atom. The standard InChI is InChI=1S/C10H12BrFN2O3/c1-6(5-17-2)13-9-4-8(12)7(11)3-10(9)14(15)16/h3-4,6,13H,5H2,1-2H3. The van der Waals surface area contributed by atoms with Crippen molar-refractivity contribution in [1.29, 1.82) is 0 Å². The van der Waals surface area contributed by atoms with Crippen LogP contribution >= 0.6 is 15.9 Å². The summed E-state index contributed by atoms with van der Waals surface area (Å²) in [6.45, 7) is 2.15. The average Bonchev–Trinajstić information content (AvgIpc) is 2.23.